The highest BCUT2D eigenvalue weighted by Crippen LogP contribution is 2.31. The number of rotatable bonds is 6. The lowest BCUT2D eigenvalue weighted by molar-refractivity contribution is -0.146. The highest BCUT2D eigenvalue weighted by Gasteiger charge is 2.27. The topological polar surface area (TPSA) is 72.9 Å². The highest BCUT2D eigenvalue weighted by molar-refractivity contribution is 6.01. The predicted octanol–water partition coefficient (Wildman–Crippen LogP) is 3.11. The van der Waals surface area contributed by atoms with Crippen LogP contribution in [0.25, 0.3) is 0 Å². The molecule has 150 valence electrons. The van der Waals surface area contributed by atoms with Crippen LogP contribution in [0, 0.1) is 0 Å². The van der Waals surface area contributed by atoms with Crippen molar-refractivity contribution >= 4 is 23.3 Å². The summed E-state index contributed by atoms with van der Waals surface area (Å²) < 4.78 is 10.7. The Morgan fingerprint density at radius 1 is 1.14 bits per heavy atom. The van der Waals surface area contributed by atoms with Crippen LogP contribution in [0.1, 0.15) is 41.3 Å². The summed E-state index contributed by atoms with van der Waals surface area (Å²) in [5.74, 6) is -0.316. The molecular weight excluding hydrogens is 370 g/mol. The molecule has 0 radical (unpaired) electrons. The predicted molar refractivity (Wildman–Crippen MR) is 107 cm³/mol. The molecule has 0 spiro atoms. The lowest BCUT2D eigenvalue weighted by Gasteiger charge is -2.29. The van der Waals surface area contributed by atoms with Gasteiger partial charge in [-0.15, -0.1) is 0 Å². The third-order valence-electron chi connectivity index (χ3n) is 5.41. The summed E-state index contributed by atoms with van der Waals surface area (Å²) in [5.41, 5.74) is 3.71. The third kappa shape index (κ3) is 4.01. The number of anilines is 1. The maximum absolute atomic E-state index is 12.6. The minimum atomic E-state index is -0.866. The lowest BCUT2D eigenvalue weighted by Crippen LogP contribution is -2.40. The van der Waals surface area contributed by atoms with Crippen LogP contribution in [-0.2, 0) is 27.2 Å². The second-order valence-corrected chi connectivity index (χ2v) is 7.39. The van der Waals surface area contributed by atoms with E-state index in [-0.39, 0.29) is 31.3 Å². The Balaban J connectivity index is 1.35. The maximum atomic E-state index is 12.6. The molecule has 0 fully saturated rings. The Kier molecular flexibility index (Phi) is 5.34. The lowest BCUT2D eigenvalue weighted by atomic mass is 10.0. The van der Waals surface area contributed by atoms with Gasteiger partial charge in [0, 0.05) is 12.1 Å². The van der Waals surface area contributed by atoms with Gasteiger partial charge in [-0.05, 0) is 55.5 Å². The van der Waals surface area contributed by atoms with Gasteiger partial charge in [0.25, 0.3) is 5.91 Å². The number of para-hydroxylation sites is 2. The van der Waals surface area contributed by atoms with Crippen LogP contribution in [0.3, 0.4) is 0 Å². The van der Waals surface area contributed by atoms with Crippen molar-refractivity contribution in [3.63, 3.8) is 0 Å². The van der Waals surface area contributed by atoms with E-state index in [1.165, 1.54) is 16.0 Å². The van der Waals surface area contributed by atoms with E-state index in [1.807, 2.05) is 24.3 Å². The first-order chi connectivity index (χ1) is 14.0. The van der Waals surface area contributed by atoms with Gasteiger partial charge < -0.3 is 14.4 Å². The van der Waals surface area contributed by atoms with Gasteiger partial charge in [0.2, 0.25) is 5.78 Å². The second kappa shape index (κ2) is 8.07. The number of nitrogens with zero attached hydrogens (tertiary/aromatic N) is 1. The first kappa shape index (κ1) is 19.2. The first-order valence-electron chi connectivity index (χ1n) is 9.90. The largest absolute Gasteiger partial charge is 0.482 e. The number of ketones is 1. The van der Waals surface area contributed by atoms with Crippen LogP contribution >= 0.6 is 0 Å². The molecule has 1 amide bonds. The number of hydrogen-bond donors (Lipinski definition) is 0. The van der Waals surface area contributed by atoms with E-state index in [9.17, 15) is 14.4 Å². The molecule has 6 heteroatoms. The van der Waals surface area contributed by atoms with Gasteiger partial charge in [0.1, 0.15) is 5.75 Å². The van der Waals surface area contributed by atoms with Crippen molar-refractivity contribution in [3.05, 3.63) is 59.2 Å². The SMILES string of the molecule is C[C@H](OC(=O)CCN1C(=O)COc2ccccc21)C(=O)c1ccc2c(c1)CCC2. The number of aryl methyl sites for hydroxylation is 2. The molecule has 0 aromatic heterocycles. The number of amides is 1. The van der Waals surface area contributed by atoms with Gasteiger partial charge in [-0.3, -0.25) is 14.4 Å². The van der Waals surface area contributed by atoms with Crippen molar-refractivity contribution in [1.29, 1.82) is 0 Å². The Labute approximate surface area is 169 Å². The molecule has 1 aliphatic carbocycles. The van der Waals surface area contributed by atoms with Crippen molar-refractivity contribution in [3.8, 4) is 5.75 Å². The van der Waals surface area contributed by atoms with E-state index < -0.39 is 12.1 Å². The van der Waals surface area contributed by atoms with Crippen LogP contribution in [-0.4, -0.2) is 36.9 Å². The Morgan fingerprint density at radius 3 is 2.79 bits per heavy atom. The summed E-state index contributed by atoms with van der Waals surface area (Å²) in [7, 11) is 0. The van der Waals surface area contributed by atoms with Crippen molar-refractivity contribution < 1.29 is 23.9 Å². The number of carbonyl (C=O) groups excluding carboxylic acids is 3. The number of fused-ring (bicyclic) bond motifs is 2. The van der Waals surface area contributed by atoms with Gasteiger partial charge in [-0.1, -0.05) is 24.3 Å². The minimum Gasteiger partial charge on any atom is -0.482 e. The van der Waals surface area contributed by atoms with Gasteiger partial charge in [-0.25, -0.2) is 0 Å². The minimum absolute atomic E-state index is 0.00187. The number of carbonyl (C=O) groups is 3. The van der Waals surface area contributed by atoms with Crippen molar-refractivity contribution in [2.75, 3.05) is 18.1 Å². The van der Waals surface area contributed by atoms with Gasteiger partial charge in [0.05, 0.1) is 12.1 Å². The Bertz CT molecular complexity index is 967. The summed E-state index contributed by atoms with van der Waals surface area (Å²) in [6.45, 7) is 1.71. The zero-order chi connectivity index (χ0) is 20.4. The third-order valence-corrected chi connectivity index (χ3v) is 5.41. The summed E-state index contributed by atoms with van der Waals surface area (Å²) in [6.07, 6.45) is 2.29. The molecule has 0 saturated heterocycles. The Hall–Kier alpha value is -3.15. The molecule has 1 aliphatic heterocycles. The van der Waals surface area contributed by atoms with Crippen LogP contribution in [0.5, 0.6) is 5.75 Å². The quantitative estimate of drug-likeness (QED) is 0.557. The van der Waals surface area contributed by atoms with Crippen LogP contribution in [0.15, 0.2) is 42.5 Å². The molecule has 0 saturated carbocycles. The van der Waals surface area contributed by atoms with Crippen LogP contribution < -0.4 is 9.64 Å². The molecule has 29 heavy (non-hydrogen) atoms. The molecule has 2 aromatic carbocycles. The van der Waals surface area contributed by atoms with E-state index in [2.05, 4.69) is 0 Å². The summed E-state index contributed by atoms with van der Waals surface area (Å²) in [5, 5.41) is 0. The molecule has 1 heterocycles. The fraction of sp³-hybridized carbons (Fsp3) is 0.348. The van der Waals surface area contributed by atoms with Crippen molar-refractivity contribution in [2.24, 2.45) is 0 Å². The number of esters is 1. The highest BCUT2D eigenvalue weighted by atomic mass is 16.5. The zero-order valence-electron chi connectivity index (χ0n) is 16.3. The number of hydrogen-bond acceptors (Lipinski definition) is 5. The molecule has 0 N–H and O–H groups in total. The van der Waals surface area contributed by atoms with Gasteiger partial charge in [-0.2, -0.15) is 0 Å². The Morgan fingerprint density at radius 2 is 1.93 bits per heavy atom. The summed E-state index contributed by atoms with van der Waals surface area (Å²) in [6, 6.07) is 12.9. The van der Waals surface area contributed by atoms with E-state index >= 15 is 0 Å². The van der Waals surface area contributed by atoms with E-state index in [4.69, 9.17) is 9.47 Å². The molecule has 2 aliphatic rings. The number of ether oxygens (including phenoxy) is 2. The maximum Gasteiger partial charge on any atom is 0.308 e. The first-order valence-corrected chi connectivity index (χ1v) is 9.90. The second-order valence-electron chi connectivity index (χ2n) is 7.39. The smallest absolute Gasteiger partial charge is 0.308 e. The standard InChI is InChI=1S/C23H23NO5/c1-15(23(27)18-10-9-16-5-4-6-17(16)13-18)29-22(26)11-12-24-19-7-2-3-8-20(19)28-14-21(24)25/h2-3,7-10,13,15H,4-6,11-12,14H2,1H3/t15-/m0/s1. The average molecular weight is 393 g/mol. The zero-order valence-corrected chi connectivity index (χ0v) is 16.3. The number of Topliss-reactive ketones (excluding diaryl/α,β-unsaturated/α-hetero) is 1. The summed E-state index contributed by atoms with van der Waals surface area (Å²) >= 11 is 0. The van der Waals surface area contributed by atoms with E-state index in [1.54, 1.807) is 25.1 Å². The average Bonchev–Trinajstić information content (AvgIpc) is 3.20. The van der Waals surface area contributed by atoms with Crippen molar-refractivity contribution in [2.45, 2.75) is 38.7 Å². The number of benzene rings is 2. The van der Waals surface area contributed by atoms with Crippen LogP contribution in [0.4, 0.5) is 5.69 Å². The fourth-order valence-electron chi connectivity index (χ4n) is 3.87. The molecule has 4 rings (SSSR count). The van der Waals surface area contributed by atoms with Crippen molar-refractivity contribution in [1.82, 2.24) is 0 Å². The molecule has 1 atom stereocenters. The molecule has 2 aromatic rings. The molecule has 6 nitrogen and oxygen atoms in total. The summed E-state index contributed by atoms with van der Waals surface area (Å²) in [4.78, 5) is 38.6. The van der Waals surface area contributed by atoms with Gasteiger partial charge in [0.15, 0.2) is 12.7 Å². The van der Waals surface area contributed by atoms with E-state index in [0.717, 1.165) is 19.3 Å². The normalized spacial score (nSPS) is 15.9. The van der Waals surface area contributed by atoms with E-state index in [0.29, 0.717) is 17.0 Å². The molecule has 0 unspecified atom stereocenters. The molecule has 0 bridgehead atoms. The molecular formula is C23H23NO5. The monoisotopic (exact) mass is 393 g/mol. The van der Waals surface area contributed by atoms with Crippen LogP contribution in [0.2, 0.25) is 0 Å². The van der Waals surface area contributed by atoms with Gasteiger partial charge >= 0.3 is 5.97 Å². The fourth-order valence-corrected chi connectivity index (χ4v) is 3.87.